The molecule has 0 atom stereocenters. The zero-order valence-corrected chi connectivity index (χ0v) is 11.9. The SMILES string of the molecule is CCC(=O)Nc1nc(C(F)(F)F)ccc1-c1nnc(CC)o1. The van der Waals surface area contributed by atoms with Crippen molar-refractivity contribution >= 4 is 11.7 Å². The number of rotatable bonds is 4. The first-order valence-corrected chi connectivity index (χ1v) is 6.56. The minimum atomic E-state index is -4.62. The van der Waals surface area contributed by atoms with E-state index < -0.39 is 17.8 Å². The smallest absolute Gasteiger partial charge is 0.421 e. The second kappa shape index (κ2) is 6.12. The van der Waals surface area contributed by atoms with Crippen LogP contribution in [-0.4, -0.2) is 21.1 Å². The van der Waals surface area contributed by atoms with Crippen molar-refractivity contribution in [2.24, 2.45) is 0 Å². The van der Waals surface area contributed by atoms with Gasteiger partial charge in [-0.2, -0.15) is 13.2 Å². The van der Waals surface area contributed by atoms with Crippen LogP contribution in [-0.2, 0) is 17.4 Å². The first-order chi connectivity index (χ1) is 10.3. The molecule has 0 unspecified atom stereocenters. The van der Waals surface area contributed by atoms with Crippen LogP contribution >= 0.6 is 0 Å². The zero-order valence-electron chi connectivity index (χ0n) is 11.9. The van der Waals surface area contributed by atoms with E-state index in [-0.39, 0.29) is 23.7 Å². The lowest BCUT2D eigenvalue weighted by molar-refractivity contribution is -0.141. The Labute approximate surface area is 123 Å². The van der Waals surface area contributed by atoms with Crippen LogP contribution in [0.2, 0.25) is 0 Å². The molecule has 0 spiro atoms. The van der Waals surface area contributed by atoms with Gasteiger partial charge in [0, 0.05) is 12.8 Å². The summed E-state index contributed by atoms with van der Waals surface area (Å²) in [5, 5.41) is 9.82. The predicted octanol–water partition coefficient (Wildman–Crippen LogP) is 3.06. The highest BCUT2D eigenvalue weighted by Gasteiger charge is 2.33. The molecule has 0 aliphatic heterocycles. The van der Waals surface area contributed by atoms with E-state index in [1.807, 2.05) is 0 Å². The molecule has 118 valence electrons. The molecule has 0 aliphatic carbocycles. The molecule has 0 aromatic carbocycles. The molecule has 22 heavy (non-hydrogen) atoms. The maximum Gasteiger partial charge on any atom is 0.433 e. The van der Waals surface area contributed by atoms with Crippen LogP contribution < -0.4 is 5.32 Å². The molecule has 0 fully saturated rings. The normalized spacial score (nSPS) is 11.5. The van der Waals surface area contributed by atoms with Gasteiger partial charge in [0.2, 0.25) is 11.8 Å². The minimum absolute atomic E-state index is 0.00415. The molecule has 0 bridgehead atoms. The van der Waals surface area contributed by atoms with Crippen LogP contribution in [0, 0.1) is 0 Å². The quantitative estimate of drug-likeness (QED) is 0.938. The molecule has 2 rings (SSSR count). The predicted molar refractivity (Wildman–Crippen MR) is 70.8 cm³/mol. The van der Waals surface area contributed by atoms with E-state index in [1.54, 1.807) is 13.8 Å². The molecule has 9 heteroatoms. The van der Waals surface area contributed by atoms with Crippen molar-refractivity contribution in [3.8, 4) is 11.5 Å². The van der Waals surface area contributed by atoms with Gasteiger partial charge < -0.3 is 9.73 Å². The van der Waals surface area contributed by atoms with Gasteiger partial charge in [-0.1, -0.05) is 13.8 Å². The Hall–Kier alpha value is -2.45. The van der Waals surface area contributed by atoms with E-state index in [9.17, 15) is 18.0 Å². The Kier molecular flexibility index (Phi) is 4.43. The van der Waals surface area contributed by atoms with Crippen molar-refractivity contribution in [2.75, 3.05) is 5.32 Å². The molecule has 1 N–H and O–H groups in total. The summed E-state index contributed by atoms with van der Waals surface area (Å²) < 4.78 is 43.6. The first kappa shape index (κ1) is 15.9. The van der Waals surface area contributed by atoms with Gasteiger partial charge in [0.1, 0.15) is 11.5 Å². The summed E-state index contributed by atoms with van der Waals surface area (Å²) in [7, 11) is 0. The highest BCUT2D eigenvalue weighted by molar-refractivity contribution is 5.93. The van der Waals surface area contributed by atoms with Gasteiger partial charge in [-0.05, 0) is 12.1 Å². The Balaban J connectivity index is 2.49. The standard InChI is InChI=1S/C13H13F3N4O2/c1-3-9(21)18-11-7(12-20-19-10(4-2)22-12)5-6-8(17-11)13(14,15)16/h5-6H,3-4H2,1-2H3,(H,17,18,21). The van der Waals surface area contributed by atoms with Crippen molar-refractivity contribution in [3.05, 3.63) is 23.7 Å². The van der Waals surface area contributed by atoms with Crippen LogP contribution in [0.5, 0.6) is 0 Å². The van der Waals surface area contributed by atoms with Gasteiger partial charge in [-0.15, -0.1) is 10.2 Å². The molecule has 2 heterocycles. The van der Waals surface area contributed by atoms with E-state index in [0.29, 0.717) is 12.3 Å². The third-order valence-electron chi connectivity index (χ3n) is 2.76. The number of aromatic nitrogens is 3. The Morgan fingerprint density at radius 3 is 2.55 bits per heavy atom. The van der Waals surface area contributed by atoms with E-state index in [2.05, 4.69) is 20.5 Å². The van der Waals surface area contributed by atoms with Gasteiger partial charge in [-0.25, -0.2) is 4.98 Å². The number of halogens is 3. The van der Waals surface area contributed by atoms with E-state index in [1.165, 1.54) is 0 Å². The molecule has 0 radical (unpaired) electrons. The molecule has 0 aliphatic rings. The summed E-state index contributed by atoms with van der Waals surface area (Å²) in [5.41, 5.74) is -0.972. The second-order valence-electron chi connectivity index (χ2n) is 4.35. The number of amides is 1. The van der Waals surface area contributed by atoms with E-state index >= 15 is 0 Å². The number of pyridine rings is 1. The number of nitrogens with one attached hydrogen (secondary N) is 1. The highest BCUT2D eigenvalue weighted by atomic mass is 19.4. The maximum atomic E-state index is 12.8. The molecule has 2 aromatic rings. The Morgan fingerprint density at radius 2 is 2.00 bits per heavy atom. The third kappa shape index (κ3) is 3.41. The van der Waals surface area contributed by atoms with Gasteiger partial charge in [-0.3, -0.25) is 4.79 Å². The molecule has 1 amide bonds. The molecular weight excluding hydrogens is 301 g/mol. The summed E-state index contributed by atoms with van der Waals surface area (Å²) in [4.78, 5) is 14.9. The Morgan fingerprint density at radius 1 is 1.27 bits per heavy atom. The number of alkyl halides is 3. The summed E-state index contributed by atoms with van der Waals surface area (Å²) in [6, 6.07) is 1.95. The third-order valence-corrected chi connectivity index (χ3v) is 2.76. The number of hydrogen-bond donors (Lipinski definition) is 1. The van der Waals surface area contributed by atoms with Crippen LogP contribution in [0.15, 0.2) is 16.5 Å². The number of carbonyl (C=O) groups is 1. The van der Waals surface area contributed by atoms with Crippen LogP contribution in [0.25, 0.3) is 11.5 Å². The molecule has 2 aromatic heterocycles. The maximum absolute atomic E-state index is 12.8. The lowest BCUT2D eigenvalue weighted by Gasteiger charge is -2.11. The van der Waals surface area contributed by atoms with Crippen molar-refractivity contribution in [1.82, 2.24) is 15.2 Å². The van der Waals surface area contributed by atoms with Crippen LogP contribution in [0.3, 0.4) is 0 Å². The fourth-order valence-corrected chi connectivity index (χ4v) is 1.61. The number of anilines is 1. The largest absolute Gasteiger partial charge is 0.433 e. The second-order valence-corrected chi connectivity index (χ2v) is 4.35. The lowest BCUT2D eigenvalue weighted by atomic mass is 10.2. The molecular formula is C13H13F3N4O2. The van der Waals surface area contributed by atoms with Gasteiger partial charge in [0.15, 0.2) is 0 Å². The zero-order chi connectivity index (χ0) is 16.3. The number of carbonyl (C=O) groups excluding carboxylic acids is 1. The number of nitrogens with zero attached hydrogens (tertiary/aromatic N) is 3. The molecule has 6 nitrogen and oxygen atoms in total. The fourth-order valence-electron chi connectivity index (χ4n) is 1.61. The van der Waals surface area contributed by atoms with Crippen LogP contribution in [0.4, 0.5) is 19.0 Å². The summed E-state index contributed by atoms with van der Waals surface area (Å²) in [6.07, 6.45) is -4.03. The fraction of sp³-hybridized carbons (Fsp3) is 0.385. The topological polar surface area (TPSA) is 80.9 Å². The van der Waals surface area contributed by atoms with Crippen molar-refractivity contribution in [2.45, 2.75) is 32.9 Å². The average molecular weight is 314 g/mol. The highest BCUT2D eigenvalue weighted by Crippen LogP contribution is 2.32. The van der Waals surface area contributed by atoms with Crippen molar-refractivity contribution < 1.29 is 22.4 Å². The van der Waals surface area contributed by atoms with E-state index in [4.69, 9.17) is 4.42 Å². The number of aryl methyl sites for hydroxylation is 1. The van der Waals surface area contributed by atoms with E-state index in [0.717, 1.165) is 12.1 Å². The minimum Gasteiger partial charge on any atom is -0.421 e. The van der Waals surface area contributed by atoms with Gasteiger partial charge >= 0.3 is 6.18 Å². The monoisotopic (exact) mass is 314 g/mol. The average Bonchev–Trinajstić information content (AvgIpc) is 2.94. The summed E-state index contributed by atoms with van der Waals surface area (Å²) in [5.74, 6) is -0.386. The van der Waals surface area contributed by atoms with Gasteiger partial charge in [0.25, 0.3) is 5.89 Å². The lowest BCUT2D eigenvalue weighted by Crippen LogP contribution is -2.15. The molecule has 0 saturated heterocycles. The van der Waals surface area contributed by atoms with Crippen LogP contribution in [0.1, 0.15) is 31.9 Å². The Bertz CT molecular complexity index is 682. The number of hydrogen-bond acceptors (Lipinski definition) is 5. The molecule has 0 saturated carbocycles. The summed E-state index contributed by atoms with van der Waals surface area (Å²) in [6.45, 7) is 3.37. The van der Waals surface area contributed by atoms with Crippen molar-refractivity contribution in [1.29, 1.82) is 0 Å². The van der Waals surface area contributed by atoms with Gasteiger partial charge in [0.05, 0.1) is 5.56 Å². The van der Waals surface area contributed by atoms with Crippen molar-refractivity contribution in [3.63, 3.8) is 0 Å². The first-order valence-electron chi connectivity index (χ1n) is 6.56. The summed E-state index contributed by atoms with van der Waals surface area (Å²) >= 11 is 0.